The summed E-state index contributed by atoms with van der Waals surface area (Å²) in [5.74, 6) is -0.161. The van der Waals surface area contributed by atoms with Crippen LogP contribution in [0.25, 0.3) is 0 Å². The van der Waals surface area contributed by atoms with Gasteiger partial charge in [-0.25, -0.2) is 0 Å². The number of hydrogen-bond acceptors (Lipinski definition) is 7. The predicted molar refractivity (Wildman–Crippen MR) is 93.1 cm³/mol. The minimum Gasteiger partial charge on any atom is -0.395 e. The molecule has 8 nitrogen and oxygen atoms in total. The Morgan fingerprint density at radius 3 is 2.67 bits per heavy atom. The van der Waals surface area contributed by atoms with Gasteiger partial charge in [-0.2, -0.15) is 0 Å². The number of carbonyl (C=O) groups excluding carboxylic acids is 2. The minimum absolute atomic E-state index is 0.0168. The van der Waals surface area contributed by atoms with Crippen LogP contribution in [0.15, 0.2) is 28.8 Å². The van der Waals surface area contributed by atoms with Crippen LogP contribution >= 0.6 is 11.8 Å². The van der Waals surface area contributed by atoms with Gasteiger partial charge in [0.1, 0.15) is 5.76 Å². The van der Waals surface area contributed by atoms with Crippen LogP contribution in [0.4, 0.5) is 20.3 Å². The van der Waals surface area contributed by atoms with Crippen molar-refractivity contribution in [1.82, 2.24) is 5.16 Å². The number of aryl methyl sites for hydroxylation is 1. The van der Waals surface area contributed by atoms with Crippen molar-refractivity contribution < 1.29 is 32.4 Å². The number of amides is 2. The van der Waals surface area contributed by atoms with Crippen LogP contribution in [0.5, 0.6) is 11.5 Å². The number of hydrogen-bond donors (Lipinski definition) is 2. The molecule has 0 spiro atoms. The van der Waals surface area contributed by atoms with Crippen LogP contribution < -0.4 is 20.1 Å². The van der Waals surface area contributed by atoms with E-state index in [1.165, 1.54) is 18.2 Å². The second-order valence-corrected chi connectivity index (χ2v) is 6.97. The Labute approximate surface area is 156 Å². The molecular formula is C16H15F2N3O5S. The molecule has 3 rings (SSSR count). The lowest BCUT2D eigenvalue weighted by Crippen LogP contribution is -2.26. The maximum atomic E-state index is 13.0. The zero-order valence-corrected chi connectivity index (χ0v) is 15.1. The Morgan fingerprint density at radius 2 is 1.96 bits per heavy atom. The predicted octanol–water partition coefficient (Wildman–Crippen LogP) is 3.00. The van der Waals surface area contributed by atoms with Crippen molar-refractivity contribution in [3.8, 4) is 11.5 Å². The summed E-state index contributed by atoms with van der Waals surface area (Å²) in [6.07, 6.45) is -3.72. The normalized spacial score (nSPS) is 15.3. The molecule has 1 aliphatic heterocycles. The molecule has 1 atom stereocenters. The fourth-order valence-corrected chi connectivity index (χ4v) is 2.84. The number of nitrogens with zero attached hydrogens (tertiary/aromatic N) is 1. The molecule has 0 radical (unpaired) electrons. The molecule has 0 saturated heterocycles. The summed E-state index contributed by atoms with van der Waals surface area (Å²) >= 11 is 1.10. The smallest absolute Gasteiger partial charge is 0.395 e. The first-order valence-electron chi connectivity index (χ1n) is 7.77. The molecule has 1 aliphatic rings. The molecule has 1 aromatic carbocycles. The van der Waals surface area contributed by atoms with Crippen molar-refractivity contribution in [2.45, 2.75) is 25.4 Å². The van der Waals surface area contributed by atoms with Crippen LogP contribution in [0.1, 0.15) is 12.7 Å². The van der Waals surface area contributed by atoms with E-state index in [-0.39, 0.29) is 28.8 Å². The van der Waals surface area contributed by atoms with Gasteiger partial charge >= 0.3 is 6.29 Å². The van der Waals surface area contributed by atoms with E-state index in [4.69, 9.17) is 4.52 Å². The number of carbonyl (C=O) groups is 2. The van der Waals surface area contributed by atoms with Crippen molar-refractivity contribution >= 4 is 35.1 Å². The topological polar surface area (TPSA) is 103 Å². The number of fused-ring (bicyclic) bond motifs is 1. The Hall–Kier alpha value is -2.82. The number of rotatable bonds is 6. The van der Waals surface area contributed by atoms with E-state index in [1.807, 2.05) is 0 Å². The van der Waals surface area contributed by atoms with Crippen LogP contribution in [-0.4, -0.2) is 34.3 Å². The van der Waals surface area contributed by atoms with Gasteiger partial charge < -0.3 is 24.6 Å². The fraction of sp³-hybridized carbons (Fsp3) is 0.312. The molecule has 1 aromatic heterocycles. The Balaban J connectivity index is 1.48. The molecule has 27 heavy (non-hydrogen) atoms. The number of ether oxygens (including phenoxy) is 2. The average Bonchev–Trinajstić information content (AvgIpc) is 3.12. The SMILES string of the molecule is Cc1cc(NC(=O)C(C)SCC(=O)Nc2ccc3c(c2)OC(F)(F)O3)no1. The van der Waals surface area contributed by atoms with E-state index in [2.05, 4.69) is 25.3 Å². The number of halogens is 2. The van der Waals surface area contributed by atoms with E-state index in [0.717, 1.165) is 11.8 Å². The van der Waals surface area contributed by atoms with E-state index >= 15 is 0 Å². The van der Waals surface area contributed by atoms with Gasteiger partial charge in [-0.3, -0.25) is 9.59 Å². The standard InChI is InChI=1S/C16H15F2N3O5S/c1-8-5-13(21-26-8)20-15(23)9(2)27-7-14(22)19-10-3-4-11-12(6-10)25-16(17,18)24-11/h3-6,9H,7H2,1-2H3,(H,19,22)(H,20,21,23). The van der Waals surface area contributed by atoms with Gasteiger partial charge in [-0.1, -0.05) is 5.16 Å². The van der Waals surface area contributed by atoms with Crippen LogP contribution in [0.3, 0.4) is 0 Å². The summed E-state index contributed by atoms with van der Waals surface area (Å²) in [5, 5.41) is 8.25. The van der Waals surface area contributed by atoms with E-state index in [9.17, 15) is 18.4 Å². The number of aromatic nitrogens is 1. The van der Waals surface area contributed by atoms with Gasteiger partial charge in [-0.15, -0.1) is 20.5 Å². The molecule has 144 valence electrons. The Morgan fingerprint density at radius 1 is 1.22 bits per heavy atom. The molecule has 2 heterocycles. The average molecular weight is 399 g/mol. The number of benzene rings is 1. The highest BCUT2D eigenvalue weighted by Gasteiger charge is 2.43. The number of thioether (sulfide) groups is 1. The third kappa shape index (κ3) is 4.88. The molecule has 0 bridgehead atoms. The molecule has 2 N–H and O–H groups in total. The third-order valence-electron chi connectivity index (χ3n) is 3.40. The number of anilines is 2. The molecule has 0 saturated carbocycles. The van der Waals surface area contributed by atoms with Crippen LogP contribution in [-0.2, 0) is 9.59 Å². The Bertz CT molecular complexity index is 873. The van der Waals surface area contributed by atoms with Crippen LogP contribution in [0, 0.1) is 6.92 Å². The highest BCUT2D eigenvalue weighted by molar-refractivity contribution is 8.01. The van der Waals surface area contributed by atoms with Crippen molar-refractivity contribution in [3.05, 3.63) is 30.0 Å². The molecule has 0 aliphatic carbocycles. The summed E-state index contributed by atoms with van der Waals surface area (Å²) in [6, 6.07) is 5.50. The van der Waals surface area contributed by atoms with Crippen molar-refractivity contribution in [2.24, 2.45) is 0 Å². The van der Waals surface area contributed by atoms with Crippen LogP contribution in [0.2, 0.25) is 0 Å². The maximum absolute atomic E-state index is 13.0. The number of nitrogens with one attached hydrogen (secondary N) is 2. The largest absolute Gasteiger partial charge is 0.586 e. The lowest BCUT2D eigenvalue weighted by Gasteiger charge is -2.10. The second-order valence-electron chi connectivity index (χ2n) is 5.64. The van der Waals surface area contributed by atoms with E-state index in [1.54, 1.807) is 19.9 Å². The maximum Gasteiger partial charge on any atom is 0.586 e. The summed E-state index contributed by atoms with van der Waals surface area (Å²) in [6.45, 7) is 3.34. The lowest BCUT2D eigenvalue weighted by atomic mass is 10.3. The quantitative estimate of drug-likeness (QED) is 0.770. The fourth-order valence-electron chi connectivity index (χ4n) is 2.15. The monoisotopic (exact) mass is 399 g/mol. The van der Waals surface area contributed by atoms with Gasteiger partial charge in [0.05, 0.1) is 11.0 Å². The summed E-state index contributed by atoms with van der Waals surface area (Å²) in [5.41, 5.74) is 0.274. The van der Waals surface area contributed by atoms with Gasteiger partial charge in [0, 0.05) is 17.8 Å². The van der Waals surface area contributed by atoms with Crippen molar-refractivity contribution in [2.75, 3.05) is 16.4 Å². The molecule has 0 fully saturated rings. The van der Waals surface area contributed by atoms with Crippen molar-refractivity contribution in [1.29, 1.82) is 0 Å². The van der Waals surface area contributed by atoms with Gasteiger partial charge in [-0.05, 0) is 26.0 Å². The first-order chi connectivity index (χ1) is 12.7. The third-order valence-corrected chi connectivity index (χ3v) is 4.54. The van der Waals surface area contributed by atoms with Gasteiger partial charge in [0.15, 0.2) is 17.3 Å². The highest BCUT2D eigenvalue weighted by Crippen LogP contribution is 2.42. The summed E-state index contributed by atoms with van der Waals surface area (Å²) in [4.78, 5) is 24.1. The first-order valence-corrected chi connectivity index (χ1v) is 8.82. The molecular weight excluding hydrogens is 384 g/mol. The molecule has 2 amide bonds. The summed E-state index contributed by atoms with van der Waals surface area (Å²) < 4.78 is 39.4. The zero-order chi connectivity index (χ0) is 19.6. The van der Waals surface area contributed by atoms with Gasteiger partial charge in [0.2, 0.25) is 11.8 Å². The Kier molecular flexibility index (Phi) is 5.22. The molecule has 1 unspecified atom stereocenters. The zero-order valence-electron chi connectivity index (χ0n) is 14.2. The lowest BCUT2D eigenvalue weighted by molar-refractivity contribution is -0.286. The first kappa shape index (κ1) is 19.0. The van der Waals surface area contributed by atoms with E-state index < -0.39 is 17.5 Å². The molecule has 2 aromatic rings. The minimum atomic E-state index is -3.72. The second kappa shape index (κ2) is 7.43. The highest BCUT2D eigenvalue weighted by atomic mass is 32.2. The van der Waals surface area contributed by atoms with E-state index in [0.29, 0.717) is 11.6 Å². The summed E-state index contributed by atoms with van der Waals surface area (Å²) in [7, 11) is 0. The number of alkyl halides is 2. The van der Waals surface area contributed by atoms with Gasteiger partial charge in [0.25, 0.3) is 0 Å². The molecule has 11 heteroatoms. The van der Waals surface area contributed by atoms with Crippen molar-refractivity contribution in [3.63, 3.8) is 0 Å².